The van der Waals surface area contributed by atoms with Gasteiger partial charge < -0.3 is 14.8 Å². The normalized spacial score (nSPS) is 12.6. The summed E-state index contributed by atoms with van der Waals surface area (Å²) >= 11 is 3.39. The molecule has 0 unspecified atom stereocenters. The van der Waals surface area contributed by atoms with Crippen LogP contribution < -0.4 is 20.2 Å². The number of halogens is 1. The zero-order chi connectivity index (χ0) is 18.5. The monoisotopic (exact) mass is 417 g/mol. The van der Waals surface area contributed by atoms with Crippen molar-refractivity contribution in [3.8, 4) is 11.5 Å². The van der Waals surface area contributed by atoms with Crippen LogP contribution in [0.15, 0.2) is 52.0 Å². The molecule has 0 aromatic heterocycles. The lowest BCUT2D eigenvalue weighted by atomic mass is 10.1. The molecule has 2 N–H and O–H groups in total. The molecule has 0 aliphatic carbocycles. The van der Waals surface area contributed by atoms with Crippen molar-refractivity contribution in [2.75, 3.05) is 13.3 Å². The van der Waals surface area contributed by atoms with Crippen LogP contribution in [0.4, 0.5) is 0 Å². The van der Waals surface area contributed by atoms with E-state index in [1.807, 2.05) is 24.3 Å². The number of hydrogen-bond donors (Lipinski definition) is 2. The van der Waals surface area contributed by atoms with Crippen molar-refractivity contribution in [1.82, 2.24) is 10.7 Å². The fraction of sp³-hybridized carbons (Fsp3) is 0.167. The third-order valence-electron chi connectivity index (χ3n) is 3.63. The van der Waals surface area contributed by atoms with Gasteiger partial charge in [-0.15, -0.1) is 0 Å². The third-order valence-corrected chi connectivity index (χ3v) is 4.13. The minimum Gasteiger partial charge on any atom is -0.454 e. The Morgan fingerprint density at radius 2 is 1.92 bits per heavy atom. The molecule has 0 spiro atoms. The van der Waals surface area contributed by atoms with Crippen LogP contribution in [0.3, 0.4) is 0 Å². The summed E-state index contributed by atoms with van der Waals surface area (Å²) in [5.74, 6) is 0.299. The molecule has 0 fully saturated rings. The van der Waals surface area contributed by atoms with Crippen molar-refractivity contribution in [3.63, 3.8) is 0 Å². The van der Waals surface area contributed by atoms with E-state index in [2.05, 4.69) is 31.8 Å². The summed E-state index contributed by atoms with van der Waals surface area (Å²) in [7, 11) is 0. The van der Waals surface area contributed by atoms with Crippen LogP contribution >= 0.6 is 15.9 Å². The van der Waals surface area contributed by atoms with Crippen molar-refractivity contribution < 1.29 is 19.1 Å². The Morgan fingerprint density at radius 3 is 2.73 bits per heavy atom. The van der Waals surface area contributed by atoms with Gasteiger partial charge in [0.25, 0.3) is 11.8 Å². The highest BCUT2D eigenvalue weighted by Crippen LogP contribution is 2.32. The molecule has 0 radical (unpaired) electrons. The second-order valence-corrected chi connectivity index (χ2v) is 6.41. The molecule has 2 amide bonds. The van der Waals surface area contributed by atoms with Crippen molar-refractivity contribution in [2.45, 2.75) is 6.92 Å². The number of rotatable bonds is 5. The van der Waals surface area contributed by atoms with Crippen LogP contribution in [0.25, 0.3) is 0 Å². The number of carbonyl (C=O) groups excluding carboxylic acids is 2. The molecule has 2 aromatic carbocycles. The molecule has 1 heterocycles. The van der Waals surface area contributed by atoms with Crippen LogP contribution in [-0.4, -0.2) is 30.9 Å². The first-order valence-corrected chi connectivity index (χ1v) is 8.59. The minimum absolute atomic E-state index is 0.137. The molecule has 26 heavy (non-hydrogen) atoms. The van der Waals surface area contributed by atoms with Crippen molar-refractivity contribution >= 4 is 33.5 Å². The molecule has 0 saturated carbocycles. The maximum Gasteiger partial charge on any atom is 0.259 e. The van der Waals surface area contributed by atoms with Crippen LogP contribution in [-0.2, 0) is 4.79 Å². The fourth-order valence-corrected chi connectivity index (χ4v) is 2.66. The van der Waals surface area contributed by atoms with Gasteiger partial charge in [0.05, 0.1) is 12.3 Å². The topological polar surface area (TPSA) is 89.0 Å². The number of fused-ring (bicyclic) bond motifs is 1. The van der Waals surface area contributed by atoms with E-state index < -0.39 is 5.91 Å². The Balaban J connectivity index is 1.52. The van der Waals surface area contributed by atoms with Crippen LogP contribution in [0.2, 0.25) is 0 Å². The van der Waals surface area contributed by atoms with E-state index in [0.29, 0.717) is 22.8 Å². The Hall–Kier alpha value is -2.87. The Labute approximate surface area is 158 Å². The van der Waals surface area contributed by atoms with Gasteiger partial charge in [0, 0.05) is 10.0 Å². The highest BCUT2D eigenvalue weighted by atomic mass is 79.9. The van der Waals surface area contributed by atoms with E-state index in [1.165, 1.54) is 0 Å². The van der Waals surface area contributed by atoms with E-state index >= 15 is 0 Å². The molecule has 0 atom stereocenters. The largest absolute Gasteiger partial charge is 0.454 e. The van der Waals surface area contributed by atoms with E-state index in [0.717, 1.165) is 10.0 Å². The highest BCUT2D eigenvalue weighted by Gasteiger charge is 2.16. The average molecular weight is 418 g/mol. The van der Waals surface area contributed by atoms with Gasteiger partial charge in [0.15, 0.2) is 11.5 Å². The summed E-state index contributed by atoms with van der Waals surface area (Å²) in [5.41, 5.74) is 4.34. The third kappa shape index (κ3) is 4.40. The van der Waals surface area contributed by atoms with Gasteiger partial charge in [-0.3, -0.25) is 9.59 Å². The van der Waals surface area contributed by atoms with Gasteiger partial charge >= 0.3 is 0 Å². The molecule has 0 bridgehead atoms. The van der Waals surface area contributed by atoms with Gasteiger partial charge in [-0.2, -0.15) is 5.10 Å². The summed E-state index contributed by atoms with van der Waals surface area (Å²) in [6, 6.07) is 12.4. The van der Waals surface area contributed by atoms with Crippen LogP contribution in [0.1, 0.15) is 22.8 Å². The van der Waals surface area contributed by atoms with Crippen molar-refractivity contribution in [2.24, 2.45) is 5.10 Å². The predicted octanol–water partition coefficient (Wildman–Crippen LogP) is 2.45. The summed E-state index contributed by atoms with van der Waals surface area (Å²) in [6.45, 7) is 1.73. The number of nitrogens with zero attached hydrogens (tertiary/aromatic N) is 1. The van der Waals surface area contributed by atoms with Crippen LogP contribution in [0, 0.1) is 0 Å². The van der Waals surface area contributed by atoms with Crippen LogP contribution in [0.5, 0.6) is 11.5 Å². The zero-order valence-electron chi connectivity index (χ0n) is 13.9. The maximum atomic E-state index is 12.1. The van der Waals surface area contributed by atoms with Crippen molar-refractivity contribution in [1.29, 1.82) is 0 Å². The second-order valence-electron chi connectivity index (χ2n) is 5.49. The smallest absolute Gasteiger partial charge is 0.259 e. The first kappa shape index (κ1) is 17.9. The molecule has 1 aliphatic heterocycles. The lowest BCUT2D eigenvalue weighted by Gasteiger charge is -2.06. The molecular formula is C18H16BrN3O4. The Bertz CT molecular complexity index is 882. The summed E-state index contributed by atoms with van der Waals surface area (Å²) < 4.78 is 11.3. The SMILES string of the molecule is C/C(=N/NC(=O)CNC(=O)c1ccc2c(c1)OCO2)c1cccc(Br)c1. The van der Waals surface area contributed by atoms with Gasteiger partial charge in [0.1, 0.15) is 0 Å². The van der Waals surface area contributed by atoms with E-state index in [9.17, 15) is 9.59 Å². The fourth-order valence-electron chi connectivity index (χ4n) is 2.26. The molecule has 1 aliphatic rings. The molecule has 0 saturated heterocycles. The summed E-state index contributed by atoms with van der Waals surface area (Å²) in [4.78, 5) is 24.0. The standard InChI is InChI=1S/C18H16BrN3O4/c1-11(12-3-2-4-14(19)7-12)21-22-17(23)9-20-18(24)13-5-6-15-16(8-13)26-10-25-15/h2-8H,9-10H2,1H3,(H,20,24)(H,22,23)/b21-11-. The Morgan fingerprint density at radius 1 is 1.12 bits per heavy atom. The number of hydrazone groups is 1. The first-order valence-electron chi connectivity index (χ1n) is 7.80. The molecular weight excluding hydrogens is 402 g/mol. The maximum absolute atomic E-state index is 12.1. The number of hydrogen-bond acceptors (Lipinski definition) is 5. The minimum atomic E-state index is -0.423. The zero-order valence-corrected chi connectivity index (χ0v) is 15.5. The predicted molar refractivity (Wildman–Crippen MR) is 99.4 cm³/mol. The van der Waals surface area contributed by atoms with Gasteiger partial charge in [-0.1, -0.05) is 28.1 Å². The molecule has 3 rings (SSSR count). The average Bonchev–Trinajstić information content (AvgIpc) is 3.11. The quantitative estimate of drug-likeness (QED) is 0.577. The number of amides is 2. The van der Waals surface area contributed by atoms with Gasteiger partial charge in [-0.25, -0.2) is 5.43 Å². The number of nitrogens with one attached hydrogen (secondary N) is 2. The summed E-state index contributed by atoms with van der Waals surface area (Å²) in [6.07, 6.45) is 0. The molecule has 2 aromatic rings. The van der Waals surface area contributed by atoms with Crippen molar-refractivity contribution in [3.05, 3.63) is 58.1 Å². The number of carbonyl (C=O) groups is 2. The molecule has 134 valence electrons. The van der Waals surface area contributed by atoms with E-state index in [-0.39, 0.29) is 19.2 Å². The second kappa shape index (κ2) is 8.01. The molecule has 7 nitrogen and oxygen atoms in total. The Kier molecular flexibility index (Phi) is 5.52. The highest BCUT2D eigenvalue weighted by molar-refractivity contribution is 9.10. The van der Waals surface area contributed by atoms with Gasteiger partial charge in [0.2, 0.25) is 6.79 Å². The van der Waals surface area contributed by atoms with E-state index in [1.54, 1.807) is 25.1 Å². The van der Waals surface area contributed by atoms with Gasteiger partial charge in [-0.05, 0) is 42.8 Å². The number of benzene rings is 2. The molecule has 8 heteroatoms. The number of ether oxygens (including phenoxy) is 2. The lowest BCUT2D eigenvalue weighted by Crippen LogP contribution is -2.35. The lowest BCUT2D eigenvalue weighted by molar-refractivity contribution is -0.120. The van der Waals surface area contributed by atoms with E-state index in [4.69, 9.17) is 9.47 Å². The summed E-state index contributed by atoms with van der Waals surface area (Å²) in [5, 5.41) is 6.58. The first-order chi connectivity index (χ1) is 12.5.